The molecule has 0 radical (unpaired) electrons. The van der Waals surface area contributed by atoms with Gasteiger partial charge in [0.1, 0.15) is 12.2 Å². The molecule has 0 spiro atoms. The zero-order chi connectivity index (χ0) is 31.9. The molecule has 9 nitrogen and oxygen atoms in total. The fraction of sp³-hybridized carbons (Fsp3) is 0.517. The number of benzene rings is 2. The molecule has 1 N–H and O–H groups in total. The van der Waals surface area contributed by atoms with E-state index in [9.17, 15) is 41.3 Å². The summed E-state index contributed by atoms with van der Waals surface area (Å²) in [6.45, 7) is 2.99. The van der Waals surface area contributed by atoms with Crippen LogP contribution in [0.25, 0.3) is 0 Å². The predicted octanol–water partition coefficient (Wildman–Crippen LogP) is 6.17. The minimum Gasteiger partial charge on any atom is -0.385 e. The normalized spacial score (nSPS) is 20.2. The van der Waals surface area contributed by atoms with Gasteiger partial charge in [-0.1, -0.05) is 6.07 Å². The van der Waals surface area contributed by atoms with E-state index in [4.69, 9.17) is 4.74 Å². The van der Waals surface area contributed by atoms with Gasteiger partial charge >= 0.3 is 12.4 Å². The van der Waals surface area contributed by atoms with Crippen molar-refractivity contribution in [2.75, 3.05) is 51.2 Å². The van der Waals surface area contributed by atoms with Crippen LogP contribution in [-0.2, 0) is 21.9 Å². The number of amides is 1. The summed E-state index contributed by atoms with van der Waals surface area (Å²) in [7, 11) is 0. The van der Waals surface area contributed by atoms with Crippen molar-refractivity contribution in [2.24, 2.45) is 10.9 Å². The average molecular weight is 630 g/mol. The van der Waals surface area contributed by atoms with E-state index < -0.39 is 34.1 Å². The molecule has 0 atom stereocenters. The molecular weight excluding hydrogens is 596 g/mol. The van der Waals surface area contributed by atoms with Crippen LogP contribution in [0, 0.1) is 16.0 Å². The number of alkyl halides is 6. The Morgan fingerprint density at radius 2 is 1.70 bits per heavy atom. The van der Waals surface area contributed by atoms with Crippen LogP contribution in [0.4, 0.5) is 43.4 Å². The van der Waals surface area contributed by atoms with Crippen LogP contribution >= 0.6 is 0 Å². The number of anilines is 1. The smallest absolute Gasteiger partial charge is 0.385 e. The van der Waals surface area contributed by atoms with Crippen LogP contribution in [0.3, 0.4) is 0 Å². The third kappa shape index (κ3) is 9.39. The standard InChI is InChI=1S/C29H33F6N5O4/c30-28(31,32)21-2-1-3-22(16-21)36-10-11-38-12-14-39(15-13-38)27(41)19-44-24-7-4-20(5-8-24)18-37-23-6-9-26(40(42)43)25(17-23)29(33,34)35/h1-3,6,9-10,16-17,20,24,37H,4-5,7-8,11-15,18-19H2. The second kappa shape index (κ2) is 14.4. The van der Waals surface area contributed by atoms with Crippen molar-refractivity contribution >= 4 is 29.2 Å². The number of aliphatic imine (C=N–C) groups is 1. The zero-order valence-corrected chi connectivity index (χ0v) is 23.7. The van der Waals surface area contributed by atoms with E-state index in [2.05, 4.69) is 15.2 Å². The highest BCUT2D eigenvalue weighted by Gasteiger charge is 2.38. The fourth-order valence-electron chi connectivity index (χ4n) is 5.28. The van der Waals surface area contributed by atoms with Crippen molar-refractivity contribution in [1.29, 1.82) is 0 Å². The maximum Gasteiger partial charge on any atom is 0.423 e. The number of ether oxygens (including phenoxy) is 1. The van der Waals surface area contributed by atoms with E-state index in [1.807, 2.05) is 0 Å². The van der Waals surface area contributed by atoms with E-state index in [0.29, 0.717) is 52.1 Å². The molecule has 1 heterocycles. The molecule has 2 aromatic carbocycles. The summed E-state index contributed by atoms with van der Waals surface area (Å²) >= 11 is 0. The van der Waals surface area contributed by atoms with Crippen molar-refractivity contribution in [1.82, 2.24) is 9.80 Å². The van der Waals surface area contributed by atoms with Crippen molar-refractivity contribution in [3.05, 3.63) is 63.7 Å². The molecule has 1 saturated heterocycles. The Hall–Kier alpha value is -3.72. The maximum atomic E-state index is 13.2. The number of hydrogen-bond acceptors (Lipinski definition) is 7. The Morgan fingerprint density at radius 3 is 2.34 bits per heavy atom. The van der Waals surface area contributed by atoms with Crippen LogP contribution < -0.4 is 5.32 Å². The molecule has 1 aliphatic heterocycles. The molecule has 1 saturated carbocycles. The number of halogens is 6. The Balaban J connectivity index is 1.13. The van der Waals surface area contributed by atoms with Gasteiger partial charge < -0.3 is 15.0 Å². The molecule has 4 rings (SSSR count). The van der Waals surface area contributed by atoms with E-state index in [1.54, 1.807) is 11.1 Å². The number of nitro groups is 1. The molecule has 1 amide bonds. The highest BCUT2D eigenvalue weighted by Crippen LogP contribution is 2.38. The number of nitrogens with zero attached hydrogens (tertiary/aromatic N) is 4. The molecule has 0 unspecified atom stereocenters. The number of carbonyl (C=O) groups excluding carboxylic acids is 1. The lowest BCUT2D eigenvalue weighted by Crippen LogP contribution is -2.50. The molecular formula is C29H33F6N5O4. The summed E-state index contributed by atoms with van der Waals surface area (Å²) < 4.78 is 84.1. The summed E-state index contributed by atoms with van der Waals surface area (Å²) in [6, 6.07) is 7.68. The quantitative estimate of drug-likeness (QED) is 0.146. The summed E-state index contributed by atoms with van der Waals surface area (Å²) in [5.41, 5.74) is -2.65. The SMILES string of the molecule is O=C(COC1CCC(CNc2ccc([N+](=O)[O-])c(C(F)(F)F)c2)CC1)N1CCN(CC=Nc2cccc(C(F)(F)F)c2)CC1. The summed E-state index contributed by atoms with van der Waals surface area (Å²) in [5, 5.41) is 13.9. The minimum absolute atomic E-state index is 0.0480. The van der Waals surface area contributed by atoms with Gasteiger partial charge in [0, 0.05) is 57.2 Å². The van der Waals surface area contributed by atoms with E-state index >= 15 is 0 Å². The molecule has 240 valence electrons. The number of carbonyl (C=O) groups is 1. The fourth-order valence-corrected chi connectivity index (χ4v) is 5.28. The van der Waals surface area contributed by atoms with Crippen LogP contribution in [0.15, 0.2) is 47.5 Å². The maximum absolute atomic E-state index is 13.2. The Kier molecular flexibility index (Phi) is 10.8. The first-order valence-electron chi connectivity index (χ1n) is 14.2. The molecule has 15 heteroatoms. The molecule has 2 aliphatic rings. The number of hydrogen-bond donors (Lipinski definition) is 1. The van der Waals surface area contributed by atoms with Gasteiger partial charge in [0.05, 0.1) is 22.3 Å². The number of nitrogens with one attached hydrogen (secondary N) is 1. The molecule has 1 aliphatic carbocycles. The van der Waals surface area contributed by atoms with Gasteiger partial charge in [0.25, 0.3) is 5.69 Å². The first kappa shape index (κ1) is 33.2. The Labute approximate surface area is 250 Å². The van der Waals surface area contributed by atoms with Crippen LogP contribution in [-0.4, -0.2) is 78.8 Å². The van der Waals surface area contributed by atoms with Gasteiger partial charge in [-0.25, -0.2) is 0 Å². The van der Waals surface area contributed by atoms with Crippen LogP contribution in [0.2, 0.25) is 0 Å². The molecule has 0 aromatic heterocycles. The highest BCUT2D eigenvalue weighted by molar-refractivity contribution is 5.77. The molecule has 0 bridgehead atoms. The zero-order valence-electron chi connectivity index (χ0n) is 23.7. The van der Waals surface area contributed by atoms with Crippen molar-refractivity contribution in [3.63, 3.8) is 0 Å². The van der Waals surface area contributed by atoms with E-state index in [1.165, 1.54) is 18.2 Å². The lowest BCUT2D eigenvalue weighted by atomic mass is 9.87. The monoisotopic (exact) mass is 629 g/mol. The first-order chi connectivity index (χ1) is 20.8. The molecule has 2 aromatic rings. The van der Waals surface area contributed by atoms with Gasteiger partial charge in [0.15, 0.2) is 0 Å². The lowest BCUT2D eigenvalue weighted by Gasteiger charge is -2.34. The van der Waals surface area contributed by atoms with Gasteiger partial charge in [-0.15, -0.1) is 0 Å². The average Bonchev–Trinajstić information content (AvgIpc) is 2.99. The Morgan fingerprint density at radius 1 is 1.00 bits per heavy atom. The Bertz CT molecular complexity index is 1320. The third-order valence-electron chi connectivity index (χ3n) is 7.81. The molecule has 2 fully saturated rings. The van der Waals surface area contributed by atoms with Gasteiger partial charge in [0.2, 0.25) is 5.91 Å². The third-order valence-corrected chi connectivity index (χ3v) is 7.81. The largest absolute Gasteiger partial charge is 0.423 e. The number of nitro benzene ring substituents is 1. The van der Waals surface area contributed by atoms with Gasteiger partial charge in [-0.05, 0) is 61.9 Å². The van der Waals surface area contributed by atoms with E-state index in [-0.39, 0.29) is 35.9 Å². The van der Waals surface area contributed by atoms with Crippen molar-refractivity contribution < 1.29 is 40.8 Å². The van der Waals surface area contributed by atoms with Gasteiger partial charge in [-0.3, -0.25) is 24.8 Å². The van der Waals surface area contributed by atoms with Crippen molar-refractivity contribution in [3.8, 4) is 0 Å². The molecule has 44 heavy (non-hydrogen) atoms. The predicted molar refractivity (Wildman–Crippen MR) is 151 cm³/mol. The van der Waals surface area contributed by atoms with Crippen LogP contribution in [0.1, 0.15) is 36.8 Å². The second-order valence-corrected chi connectivity index (χ2v) is 10.9. The summed E-state index contributed by atoms with van der Waals surface area (Å²) in [4.78, 5) is 30.5. The first-order valence-corrected chi connectivity index (χ1v) is 14.2. The summed E-state index contributed by atoms with van der Waals surface area (Å²) in [5.74, 6) is 0.0602. The van der Waals surface area contributed by atoms with Gasteiger partial charge in [-0.2, -0.15) is 26.3 Å². The highest BCUT2D eigenvalue weighted by atomic mass is 19.4. The van der Waals surface area contributed by atoms with Crippen LogP contribution in [0.5, 0.6) is 0 Å². The number of piperazine rings is 1. The summed E-state index contributed by atoms with van der Waals surface area (Å²) in [6.07, 6.45) is -4.89. The number of rotatable bonds is 10. The van der Waals surface area contributed by atoms with E-state index in [0.717, 1.165) is 37.1 Å². The second-order valence-electron chi connectivity index (χ2n) is 10.9. The minimum atomic E-state index is -4.84. The topological polar surface area (TPSA) is 100 Å². The van der Waals surface area contributed by atoms with Crippen molar-refractivity contribution in [2.45, 2.75) is 44.1 Å². The lowest BCUT2D eigenvalue weighted by molar-refractivity contribution is -0.388.